The van der Waals surface area contributed by atoms with Gasteiger partial charge in [0.25, 0.3) is 0 Å². The molecule has 3 aliphatic heterocycles. The molecule has 1 aromatic heterocycles. The van der Waals surface area contributed by atoms with Gasteiger partial charge in [-0.2, -0.15) is 0 Å². The van der Waals surface area contributed by atoms with Crippen LogP contribution in [0.4, 0.5) is 0 Å². The molecule has 3 fully saturated rings. The van der Waals surface area contributed by atoms with Crippen LogP contribution < -0.4 is 15.0 Å². The Kier molecular flexibility index (Phi) is 5.59. The van der Waals surface area contributed by atoms with Crippen LogP contribution in [0.1, 0.15) is 24.1 Å². The first-order valence-corrected chi connectivity index (χ1v) is 9.92. The Morgan fingerprint density at radius 3 is 3.00 bits per heavy atom. The van der Waals surface area contributed by atoms with E-state index in [0.29, 0.717) is 24.2 Å². The van der Waals surface area contributed by atoms with E-state index in [-0.39, 0.29) is 18.4 Å². The predicted octanol–water partition coefficient (Wildman–Crippen LogP) is -0.611. The van der Waals surface area contributed by atoms with Crippen molar-refractivity contribution in [2.75, 3.05) is 20.2 Å². The van der Waals surface area contributed by atoms with Crippen molar-refractivity contribution in [3.63, 3.8) is 0 Å². The minimum absolute atomic E-state index is 0.0680. The molecule has 0 saturated carbocycles. The van der Waals surface area contributed by atoms with Gasteiger partial charge in [-0.05, 0) is 12.0 Å². The van der Waals surface area contributed by atoms with Crippen LogP contribution in [0.15, 0.2) is 30.5 Å². The minimum Gasteiger partial charge on any atom is -0.496 e. The van der Waals surface area contributed by atoms with Crippen LogP contribution in [0.3, 0.4) is 0 Å². The zero-order chi connectivity index (χ0) is 19.5. The third-order valence-corrected chi connectivity index (χ3v) is 6.19. The SMILES string of the molecule is COc1ccccc1CNC(=O)[C@H]1C[NH+]2CC[C@@H]1C[C@@H]2Cn1cc(CO)nn1. The number of hydrogen-bond donors (Lipinski definition) is 3. The Morgan fingerprint density at radius 1 is 1.43 bits per heavy atom. The molecule has 0 radical (unpaired) electrons. The molecule has 4 atom stereocenters. The maximum atomic E-state index is 12.8. The normalized spacial score (nSPS) is 26.2. The highest BCUT2D eigenvalue weighted by atomic mass is 16.5. The van der Waals surface area contributed by atoms with Crippen molar-refractivity contribution in [1.29, 1.82) is 0 Å². The Hall–Kier alpha value is -2.45. The van der Waals surface area contributed by atoms with E-state index >= 15 is 0 Å². The van der Waals surface area contributed by atoms with Crippen molar-refractivity contribution >= 4 is 5.91 Å². The lowest BCUT2D eigenvalue weighted by atomic mass is 9.75. The van der Waals surface area contributed by atoms with Gasteiger partial charge in [0.2, 0.25) is 5.91 Å². The van der Waals surface area contributed by atoms with Crippen LogP contribution >= 0.6 is 0 Å². The fraction of sp³-hybridized carbons (Fsp3) is 0.550. The number of para-hydroxylation sites is 1. The number of rotatable bonds is 7. The highest BCUT2D eigenvalue weighted by Crippen LogP contribution is 2.28. The number of hydrogen-bond acceptors (Lipinski definition) is 5. The molecule has 4 heterocycles. The molecule has 1 aromatic carbocycles. The summed E-state index contributed by atoms with van der Waals surface area (Å²) in [6, 6.07) is 8.23. The molecule has 3 N–H and O–H groups in total. The van der Waals surface area contributed by atoms with E-state index in [1.165, 1.54) is 4.90 Å². The van der Waals surface area contributed by atoms with Crippen molar-refractivity contribution < 1.29 is 19.5 Å². The van der Waals surface area contributed by atoms with Crippen molar-refractivity contribution in [2.24, 2.45) is 11.8 Å². The van der Waals surface area contributed by atoms with Crippen molar-refractivity contribution in [3.05, 3.63) is 41.7 Å². The lowest BCUT2D eigenvalue weighted by Gasteiger charge is -2.46. The fourth-order valence-electron chi connectivity index (χ4n) is 4.71. The summed E-state index contributed by atoms with van der Waals surface area (Å²) in [6.07, 6.45) is 3.93. The summed E-state index contributed by atoms with van der Waals surface area (Å²) < 4.78 is 7.19. The number of amides is 1. The first-order chi connectivity index (χ1) is 13.7. The van der Waals surface area contributed by atoms with E-state index in [0.717, 1.165) is 43.8 Å². The molecule has 0 spiro atoms. The number of quaternary nitrogens is 1. The zero-order valence-corrected chi connectivity index (χ0v) is 16.2. The number of piperidine rings is 3. The molecule has 5 rings (SSSR count). The molecule has 3 aliphatic rings. The van der Waals surface area contributed by atoms with E-state index in [2.05, 4.69) is 15.6 Å². The molecule has 2 aromatic rings. The lowest BCUT2D eigenvalue weighted by Crippen LogP contribution is -3.20. The molecule has 2 bridgehead atoms. The standard InChI is InChI=1S/C20H27N5O3/c1-28-19-5-3-2-4-15(19)9-21-20(27)18-12-24-7-6-14(18)8-17(24)11-25-10-16(13-26)22-23-25/h2-5,10,14,17-18,26H,6-9,11-13H2,1H3,(H,21,27)/p+1/t14-,17-,18+/m1/s1. The Morgan fingerprint density at radius 2 is 2.29 bits per heavy atom. The summed E-state index contributed by atoms with van der Waals surface area (Å²) in [5.74, 6) is 1.44. The fourth-order valence-corrected chi connectivity index (χ4v) is 4.71. The first-order valence-electron chi connectivity index (χ1n) is 9.92. The van der Waals surface area contributed by atoms with Gasteiger partial charge in [-0.15, -0.1) is 5.10 Å². The molecular formula is C20H28N5O3+. The lowest BCUT2D eigenvalue weighted by molar-refractivity contribution is -0.945. The topological polar surface area (TPSA) is 93.7 Å². The van der Waals surface area contributed by atoms with Crippen LogP contribution in [0.2, 0.25) is 0 Å². The van der Waals surface area contributed by atoms with Gasteiger partial charge in [0.15, 0.2) is 0 Å². The van der Waals surface area contributed by atoms with Crippen LogP contribution in [0.25, 0.3) is 0 Å². The van der Waals surface area contributed by atoms with Crippen molar-refractivity contribution in [3.8, 4) is 5.75 Å². The number of carbonyl (C=O) groups is 1. The van der Waals surface area contributed by atoms with E-state index in [1.807, 2.05) is 28.9 Å². The minimum atomic E-state index is -0.0850. The highest BCUT2D eigenvalue weighted by Gasteiger charge is 2.46. The smallest absolute Gasteiger partial charge is 0.229 e. The van der Waals surface area contributed by atoms with Gasteiger partial charge in [0.1, 0.15) is 17.5 Å². The van der Waals surface area contributed by atoms with Crippen LogP contribution in [0.5, 0.6) is 5.75 Å². The average molecular weight is 386 g/mol. The highest BCUT2D eigenvalue weighted by molar-refractivity contribution is 5.79. The number of aliphatic hydroxyl groups is 1. The van der Waals surface area contributed by atoms with Crippen LogP contribution in [-0.2, 0) is 24.5 Å². The second kappa shape index (κ2) is 8.28. The molecule has 8 heteroatoms. The Labute approximate surface area is 164 Å². The van der Waals surface area contributed by atoms with Gasteiger partial charge in [-0.1, -0.05) is 23.4 Å². The summed E-state index contributed by atoms with van der Waals surface area (Å²) in [5, 5.41) is 20.3. The van der Waals surface area contributed by atoms with Gasteiger partial charge >= 0.3 is 0 Å². The van der Waals surface area contributed by atoms with E-state index in [9.17, 15) is 4.79 Å². The van der Waals surface area contributed by atoms with Gasteiger partial charge < -0.3 is 20.1 Å². The predicted molar refractivity (Wildman–Crippen MR) is 101 cm³/mol. The van der Waals surface area contributed by atoms with Gasteiger partial charge in [0.05, 0.1) is 45.5 Å². The third-order valence-electron chi connectivity index (χ3n) is 6.19. The number of nitrogens with one attached hydrogen (secondary N) is 2. The summed E-state index contributed by atoms with van der Waals surface area (Å²) in [7, 11) is 1.65. The van der Waals surface area contributed by atoms with E-state index < -0.39 is 0 Å². The summed E-state index contributed by atoms with van der Waals surface area (Å²) in [5.41, 5.74) is 1.59. The second-order valence-corrected chi connectivity index (χ2v) is 7.82. The molecule has 1 unspecified atom stereocenters. The van der Waals surface area contributed by atoms with Gasteiger partial charge in [-0.25, -0.2) is 4.68 Å². The van der Waals surface area contributed by atoms with Gasteiger partial charge in [-0.3, -0.25) is 4.79 Å². The van der Waals surface area contributed by atoms with Crippen molar-refractivity contribution in [2.45, 2.75) is 38.6 Å². The molecule has 3 saturated heterocycles. The van der Waals surface area contributed by atoms with Crippen molar-refractivity contribution in [1.82, 2.24) is 20.3 Å². The molecule has 0 aliphatic carbocycles. The molecule has 8 nitrogen and oxygen atoms in total. The number of methoxy groups -OCH3 is 1. The summed E-state index contributed by atoms with van der Waals surface area (Å²) >= 11 is 0. The number of ether oxygens (including phenoxy) is 1. The van der Waals surface area contributed by atoms with Gasteiger partial charge in [0, 0.05) is 24.9 Å². The maximum Gasteiger partial charge on any atom is 0.229 e. The third kappa shape index (κ3) is 3.88. The second-order valence-electron chi connectivity index (χ2n) is 7.82. The quantitative estimate of drug-likeness (QED) is 0.590. The number of carbonyl (C=O) groups excluding carboxylic acids is 1. The van der Waals surface area contributed by atoms with E-state index in [4.69, 9.17) is 9.84 Å². The summed E-state index contributed by atoms with van der Waals surface area (Å²) in [6.45, 7) is 3.17. The summed E-state index contributed by atoms with van der Waals surface area (Å²) in [4.78, 5) is 14.3. The number of aromatic nitrogens is 3. The molecule has 150 valence electrons. The molecular weight excluding hydrogens is 358 g/mol. The first kappa shape index (κ1) is 18.9. The number of benzene rings is 1. The van der Waals surface area contributed by atoms with Crippen LogP contribution in [0, 0.1) is 11.8 Å². The monoisotopic (exact) mass is 386 g/mol. The molecule has 28 heavy (non-hydrogen) atoms. The largest absolute Gasteiger partial charge is 0.496 e. The number of nitrogens with zero attached hydrogens (tertiary/aromatic N) is 3. The Balaban J connectivity index is 1.34. The van der Waals surface area contributed by atoms with Crippen LogP contribution in [-0.4, -0.2) is 52.2 Å². The maximum absolute atomic E-state index is 12.8. The van der Waals surface area contributed by atoms with E-state index in [1.54, 1.807) is 13.3 Å². The Bertz CT molecular complexity index is 824. The number of aliphatic hydroxyl groups excluding tert-OH is 1. The number of fused-ring (bicyclic) bond motifs is 3. The molecule has 1 amide bonds. The zero-order valence-electron chi connectivity index (χ0n) is 16.2. The average Bonchev–Trinajstić information content (AvgIpc) is 3.20.